The van der Waals surface area contributed by atoms with Gasteiger partial charge >= 0.3 is 0 Å². The summed E-state index contributed by atoms with van der Waals surface area (Å²) >= 11 is 0. The predicted molar refractivity (Wildman–Crippen MR) is 37.9 cm³/mol. The smallest absolute Gasteiger partial charge is 0.235 e. The third-order valence-corrected chi connectivity index (χ3v) is 1.02. The first-order valence-electron chi connectivity index (χ1n) is 3.22. The van der Waals surface area contributed by atoms with Crippen LogP contribution in [0.25, 0.3) is 0 Å². The van der Waals surface area contributed by atoms with E-state index in [-0.39, 0.29) is 5.82 Å². The van der Waals surface area contributed by atoms with Crippen molar-refractivity contribution in [1.82, 2.24) is 9.97 Å². The number of nitriles is 1. The zero-order valence-electron chi connectivity index (χ0n) is 6.11. The van der Waals surface area contributed by atoms with Crippen LogP contribution in [-0.2, 0) is 0 Å². The molecule has 0 aromatic carbocycles. The fourth-order valence-electron chi connectivity index (χ4n) is 0.624. The Balaban J connectivity index is 2.85. The maximum Gasteiger partial charge on any atom is 0.235 e. The standard InChI is InChI=1S/C7H7N3O/c1-2-11-7-3-4-9-6(5-8)10-7/h3-4H,2H2,1H3. The van der Waals surface area contributed by atoms with Crippen LogP contribution in [0.4, 0.5) is 0 Å². The molecule has 0 N–H and O–H groups in total. The van der Waals surface area contributed by atoms with Crippen molar-refractivity contribution in [2.75, 3.05) is 6.61 Å². The van der Waals surface area contributed by atoms with E-state index in [1.807, 2.05) is 13.0 Å². The highest BCUT2D eigenvalue weighted by Gasteiger charge is 1.95. The second kappa shape index (κ2) is 3.52. The molecule has 0 radical (unpaired) electrons. The normalized spacial score (nSPS) is 8.73. The molecule has 0 aliphatic carbocycles. The maximum absolute atomic E-state index is 8.40. The van der Waals surface area contributed by atoms with Gasteiger partial charge in [-0.2, -0.15) is 10.2 Å². The minimum absolute atomic E-state index is 0.135. The molecule has 0 saturated carbocycles. The van der Waals surface area contributed by atoms with E-state index in [2.05, 4.69) is 9.97 Å². The highest BCUT2D eigenvalue weighted by molar-refractivity contribution is 5.16. The van der Waals surface area contributed by atoms with E-state index in [1.54, 1.807) is 6.07 Å². The van der Waals surface area contributed by atoms with Crippen LogP contribution in [0, 0.1) is 11.3 Å². The molecule has 1 heterocycles. The topological polar surface area (TPSA) is 58.8 Å². The Bertz CT molecular complexity index is 279. The Kier molecular flexibility index (Phi) is 2.39. The highest BCUT2D eigenvalue weighted by Crippen LogP contribution is 2.03. The lowest BCUT2D eigenvalue weighted by Crippen LogP contribution is -1.96. The third-order valence-electron chi connectivity index (χ3n) is 1.02. The van der Waals surface area contributed by atoms with Gasteiger partial charge in [-0.3, -0.25) is 0 Å². The molecular weight excluding hydrogens is 142 g/mol. The largest absolute Gasteiger partial charge is 0.478 e. The van der Waals surface area contributed by atoms with Crippen molar-refractivity contribution in [2.24, 2.45) is 0 Å². The molecular formula is C7H7N3O. The first-order valence-corrected chi connectivity index (χ1v) is 3.22. The third kappa shape index (κ3) is 1.90. The minimum atomic E-state index is 0.135. The lowest BCUT2D eigenvalue weighted by Gasteiger charge is -1.98. The van der Waals surface area contributed by atoms with E-state index in [1.165, 1.54) is 6.20 Å². The summed E-state index contributed by atoms with van der Waals surface area (Å²) < 4.78 is 5.05. The van der Waals surface area contributed by atoms with Gasteiger partial charge in [0.15, 0.2) is 0 Å². The number of aromatic nitrogens is 2. The number of rotatable bonds is 2. The number of ether oxygens (including phenoxy) is 1. The first-order chi connectivity index (χ1) is 5.36. The zero-order valence-corrected chi connectivity index (χ0v) is 6.11. The summed E-state index contributed by atoms with van der Waals surface area (Å²) in [4.78, 5) is 7.47. The Labute approximate surface area is 64.5 Å². The fourth-order valence-corrected chi connectivity index (χ4v) is 0.624. The van der Waals surface area contributed by atoms with Gasteiger partial charge in [0.2, 0.25) is 11.7 Å². The predicted octanol–water partition coefficient (Wildman–Crippen LogP) is 0.747. The Morgan fingerprint density at radius 1 is 1.73 bits per heavy atom. The minimum Gasteiger partial charge on any atom is -0.478 e. The van der Waals surface area contributed by atoms with Gasteiger partial charge in [-0.1, -0.05) is 0 Å². The van der Waals surface area contributed by atoms with Crippen LogP contribution < -0.4 is 4.74 Å². The van der Waals surface area contributed by atoms with Gasteiger partial charge in [0, 0.05) is 12.3 Å². The summed E-state index contributed by atoms with van der Waals surface area (Å²) in [6, 6.07) is 3.44. The molecule has 4 nitrogen and oxygen atoms in total. The Hall–Kier alpha value is -1.63. The van der Waals surface area contributed by atoms with E-state index in [9.17, 15) is 0 Å². The highest BCUT2D eigenvalue weighted by atomic mass is 16.5. The lowest BCUT2D eigenvalue weighted by atomic mass is 10.6. The second-order valence-electron chi connectivity index (χ2n) is 1.76. The van der Waals surface area contributed by atoms with Crippen LogP contribution in [0.2, 0.25) is 0 Å². The van der Waals surface area contributed by atoms with Gasteiger partial charge in [-0.15, -0.1) is 0 Å². The molecule has 1 rings (SSSR count). The van der Waals surface area contributed by atoms with Crippen LogP contribution >= 0.6 is 0 Å². The van der Waals surface area contributed by atoms with Gasteiger partial charge in [0.1, 0.15) is 6.07 Å². The molecule has 1 aromatic rings. The summed E-state index contributed by atoms with van der Waals surface area (Å²) in [6.07, 6.45) is 1.50. The van der Waals surface area contributed by atoms with Crippen LogP contribution in [0.15, 0.2) is 12.3 Å². The van der Waals surface area contributed by atoms with Crippen molar-refractivity contribution in [3.8, 4) is 11.9 Å². The molecule has 0 aliphatic rings. The Morgan fingerprint density at radius 2 is 2.55 bits per heavy atom. The first kappa shape index (κ1) is 7.48. The van der Waals surface area contributed by atoms with Gasteiger partial charge in [0.05, 0.1) is 6.61 Å². The van der Waals surface area contributed by atoms with Crippen LogP contribution in [0.5, 0.6) is 5.88 Å². The molecule has 0 atom stereocenters. The summed E-state index contributed by atoms with van der Waals surface area (Å²) in [5.74, 6) is 0.579. The quantitative estimate of drug-likeness (QED) is 0.622. The number of hydrogen-bond donors (Lipinski definition) is 0. The van der Waals surface area contributed by atoms with E-state index in [0.717, 1.165) is 0 Å². The molecule has 0 fully saturated rings. The van der Waals surface area contributed by atoms with Crippen molar-refractivity contribution in [2.45, 2.75) is 6.92 Å². The Morgan fingerprint density at radius 3 is 3.18 bits per heavy atom. The van der Waals surface area contributed by atoms with Crippen molar-refractivity contribution in [3.63, 3.8) is 0 Å². The molecule has 56 valence electrons. The van der Waals surface area contributed by atoms with E-state index < -0.39 is 0 Å². The summed E-state index contributed by atoms with van der Waals surface area (Å²) in [6.45, 7) is 2.40. The summed E-state index contributed by atoms with van der Waals surface area (Å²) in [7, 11) is 0. The van der Waals surface area contributed by atoms with Crippen molar-refractivity contribution >= 4 is 0 Å². The zero-order chi connectivity index (χ0) is 8.10. The second-order valence-corrected chi connectivity index (χ2v) is 1.76. The molecule has 0 saturated heterocycles. The SMILES string of the molecule is CCOc1ccnc(C#N)n1. The molecule has 0 spiro atoms. The molecule has 4 heteroatoms. The van der Waals surface area contributed by atoms with Crippen molar-refractivity contribution in [1.29, 1.82) is 5.26 Å². The van der Waals surface area contributed by atoms with E-state index >= 15 is 0 Å². The maximum atomic E-state index is 8.40. The van der Waals surface area contributed by atoms with Crippen LogP contribution in [0.3, 0.4) is 0 Å². The fraction of sp³-hybridized carbons (Fsp3) is 0.286. The van der Waals surface area contributed by atoms with E-state index in [0.29, 0.717) is 12.5 Å². The lowest BCUT2D eigenvalue weighted by molar-refractivity contribution is 0.326. The van der Waals surface area contributed by atoms with Crippen molar-refractivity contribution < 1.29 is 4.74 Å². The molecule has 0 bridgehead atoms. The summed E-state index contributed by atoms with van der Waals surface area (Å²) in [5.41, 5.74) is 0. The molecule has 11 heavy (non-hydrogen) atoms. The van der Waals surface area contributed by atoms with Crippen LogP contribution in [-0.4, -0.2) is 16.6 Å². The molecule has 0 aliphatic heterocycles. The molecule has 0 unspecified atom stereocenters. The number of nitrogens with zero attached hydrogens (tertiary/aromatic N) is 3. The van der Waals surface area contributed by atoms with Crippen LogP contribution in [0.1, 0.15) is 12.7 Å². The van der Waals surface area contributed by atoms with Gasteiger partial charge < -0.3 is 4.74 Å². The monoisotopic (exact) mass is 149 g/mol. The molecule has 1 aromatic heterocycles. The molecule has 0 amide bonds. The average molecular weight is 149 g/mol. The summed E-state index contributed by atoms with van der Waals surface area (Å²) in [5, 5.41) is 8.40. The average Bonchev–Trinajstić information content (AvgIpc) is 2.06. The number of hydrogen-bond acceptors (Lipinski definition) is 4. The van der Waals surface area contributed by atoms with Gasteiger partial charge in [-0.25, -0.2) is 4.98 Å². The van der Waals surface area contributed by atoms with Crippen molar-refractivity contribution in [3.05, 3.63) is 18.1 Å². The van der Waals surface area contributed by atoms with Gasteiger partial charge in [0.25, 0.3) is 0 Å². The van der Waals surface area contributed by atoms with E-state index in [4.69, 9.17) is 10.00 Å². The van der Waals surface area contributed by atoms with Gasteiger partial charge in [-0.05, 0) is 6.92 Å².